The molecule has 0 saturated carbocycles. The van der Waals surface area contributed by atoms with E-state index in [0.29, 0.717) is 18.6 Å². The quantitative estimate of drug-likeness (QED) is 0.341. The molecule has 2 saturated heterocycles. The van der Waals surface area contributed by atoms with E-state index in [-0.39, 0.29) is 11.3 Å². The minimum absolute atomic E-state index is 0.0880. The van der Waals surface area contributed by atoms with E-state index >= 15 is 0 Å². The molecule has 0 spiro atoms. The summed E-state index contributed by atoms with van der Waals surface area (Å²) in [5, 5.41) is 21.5. The monoisotopic (exact) mass is 465 g/mol. The highest BCUT2D eigenvalue weighted by Crippen LogP contribution is 2.34. The van der Waals surface area contributed by atoms with Gasteiger partial charge in [0.15, 0.2) is 11.9 Å². The summed E-state index contributed by atoms with van der Waals surface area (Å²) in [5.41, 5.74) is 0.346. The van der Waals surface area contributed by atoms with E-state index in [1.165, 1.54) is 37.1 Å². The van der Waals surface area contributed by atoms with Crippen molar-refractivity contribution in [2.24, 2.45) is 5.92 Å². The molecule has 2 fully saturated rings. The van der Waals surface area contributed by atoms with Gasteiger partial charge in [-0.1, -0.05) is 41.2 Å². The fourth-order valence-electron chi connectivity index (χ4n) is 4.18. The van der Waals surface area contributed by atoms with Gasteiger partial charge in [0.2, 0.25) is 3.79 Å². The molecule has 3 N–H and O–H groups in total. The number of hydrogen-bond acceptors (Lipinski definition) is 5. The van der Waals surface area contributed by atoms with Gasteiger partial charge in [0, 0.05) is 23.7 Å². The number of halogens is 3. The minimum Gasteiger partial charge on any atom is -0.595 e. The third-order valence-corrected chi connectivity index (χ3v) is 6.25. The van der Waals surface area contributed by atoms with Crippen molar-refractivity contribution < 1.29 is 20.0 Å². The second-order valence-corrected chi connectivity index (χ2v) is 9.98. The molecule has 10 heteroatoms. The van der Waals surface area contributed by atoms with Crippen molar-refractivity contribution in [2.75, 3.05) is 19.7 Å². The Labute approximate surface area is 185 Å². The normalized spacial score (nSPS) is 25.1. The van der Waals surface area contributed by atoms with Crippen LogP contribution in [0, 0.1) is 11.1 Å². The number of carbonyl (C=O) groups is 1. The molecule has 1 amide bonds. The highest BCUT2D eigenvalue weighted by atomic mass is 35.6. The molecule has 0 aliphatic carbocycles. The summed E-state index contributed by atoms with van der Waals surface area (Å²) in [6.07, 6.45) is 4.66. The van der Waals surface area contributed by atoms with Gasteiger partial charge in [0.05, 0.1) is 6.61 Å². The number of nitrogens with one attached hydrogen (secondary N) is 2. The Kier molecular flexibility index (Phi) is 8.03. The molecule has 4 atom stereocenters. The molecule has 2 aliphatic rings. The number of quaternary nitrogens is 1. The van der Waals surface area contributed by atoms with Crippen LogP contribution in [0.2, 0.25) is 0 Å². The standard InChI is InChI=1S/C19H26Cl3N3O4/c20-19(21,22)18(23-17(26)13-6-8-15(9-7-13)25(27)28)29-12-14-4-3-11-24-10-2-1-5-16(14)24/h6-9,14,16,18,25,27H,1-5,10-12H2,(H,23,26)/t14-,16-,18-/m1/s1. The molecule has 162 valence electrons. The molecule has 0 radical (unpaired) electrons. The maximum Gasteiger partial charge on any atom is 0.253 e. The first-order valence-corrected chi connectivity index (χ1v) is 11.0. The molecular formula is C19H26Cl3N3O4. The summed E-state index contributed by atoms with van der Waals surface area (Å²) < 4.78 is 4.06. The predicted octanol–water partition coefficient (Wildman–Crippen LogP) is 2.80. The summed E-state index contributed by atoms with van der Waals surface area (Å²) in [6.45, 7) is 2.65. The van der Waals surface area contributed by atoms with Crippen LogP contribution in [-0.4, -0.2) is 51.8 Å². The third-order valence-electron chi connectivity index (χ3n) is 5.66. The van der Waals surface area contributed by atoms with E-state index in [2.05, 4.69) is 10.2 Å². The second kappa shape index (κ2) is 10.1. The molecule has 0 bridgehead atoms. The molecule has 3 rings (SSSR count). The zero-order valence-corrected chi connectivity index (χ0v) is 18.2. The molecule has 7 nitrogen and oxygen atoms in total. The van der Waals surface area contributed by atoms with Crippen LogP contribution in [0.4, 0.5) is 5.69 Å². The van der Waals surface area contributed by atoms with E-state index in [0.717, 1.165) is 32.4 Å². The Hall–Kier alpha value is -0.640. The van der Waals surface area contributed by atoms with E-state index in [9.17, 15) is 10.0 Å². The molecular weight excluding hydrogens is 441 g/mol. The molecule has 1 unspecified atom stereocenters. The molecule has 0 aromatic heterocycles. The van der Waals surface area contributed by atoms with E-state index < -0.39 is 21.2 Å². The Bertz CT molecular complexity index is 682. The van der Waals surface area contributed by atoms with Crippen molar-refractivity contribution >= 4 is 46.4 Å². The van der Waals surface area contributed by atoms with Gasteiger partial charge in [-0.25, -0.2) is 5.21 Å². The van der Waals surface area contributed by atoms with Gasteiger partial charge >= 0.3 is 0 Å². The van der Waals surface area contributed by atoms with E-state index in [1.807, 2.05) is 0 Å². The van der Waals surface area contributed by atoms with Crippen molar-refractivity contribution in [2.45, 2.75) is 48.2 Å². The Morgan fingerprint density at radius 2 is 1.93 bits per heavy atom. The van der Waals surface area contributed by atoms with E-state index in [4.69, 9.17) is 44.7 Å². The lowest BCUT2D eigenvalue weighted by Gasteiger charge is -2.44. The highest BCUT2D eigenvalue weighted by Gasteiger charge is 2.38. The SMILES string of the molecule is O=C(N[C@H](OC[C@H]1CCCN2CCCC[C@H]12)C(Cl)(Cl)Cl)c1ccc([NH+]([O-])O)cc1. The predicted molar refractivity (Wildman–Crippen MR) is 112 cm³/mol. The average Bonchev–Trinajstić information content (AvgIpc) is 2.70. The largest absolute Gasteiger partial charge is 0.595 e. The van der Waals surface area contributed by atoms with Crippen LogP contribution >= 0.6 is 34.8 Å². The topological polar surface area (TPSA) is 89.3 Å². The van der Waals surface area contributed by atoms with Crippen LogP contribution in [0.1, 0.15) is 42.5 Å². The number of hydrogen-bond donors (Lipinski definition) is 3. The van der Waals surface area contributed by atoms with Gasteiger partial charge < -0.3 is 20.2 Å². The first-order valence-electron chi connectivity index (χ1n) is 9.82. The number of alkyl halides is 3. The van der Waals surface area contributed by atoms with Gasteiger partial charge in [0.1, 0.15) is 0 Å². The Morgan fingerprint density at radius 3 is 2.59 bits per heavy atom. The molecule has 2 heterocycles. The number of carbonyl (C=O) groups excluding carboxylic acids is 1. The number of fused-ring (bicyclic) bond motifs is 1. The van der Waals surface area contributed by atoms with Crippen molar-refractivity contribution in [3.8, 4) is 0 Å². The number of benzene rings is 1. The fourth-order valence-corrected chi connectivity index (χ4v) is 4.53. The summed E-state index contributed by atoms with van der Waals surface area (Å²) in [4.78, 5) is 15.1. The lowest BCUT2D eigenvalue weighted by Crippen LogP contribution is -2.99. The van der Waals surface area contributed by atoms with Crippen LogP contribution in [-0.2, 0) is 4.74 Å². The molecule has 29 heavy (non-hydrogen) atoms. The van der Waals surface area contributed by atoms with Crippen molar-refractivity contribution in [3.05, 3.63) is 35.0 Å². The second-order valence-electron chi connectivity index (χ2n) is 7.61. The van der Waals surface area contributed by atoms with Gasteiger partial charge in [-0.2, -0.15) is 5.23 Å². The first-order chi connectivity index (χ1) is 13.8. The average molecular weight is 467 g/mol. The Morgan fingerprint density at radius 1 is 1.24 bits per heavy atom. The number of ether oxygens (including phenoxy) is 1. The zero-order valence-electron chi connectivity index (χ0n) is 16.0. The summed E-state index contributed by atoms with van der Waals surface area (Å²) >= 11 is 18.2. The maximum atomic E-state index is 12.5. The van der Waals surface area contributed by atoms with Gasteiger partial charge in [0.25, 0.3) is 5.91 Å². The minimum atomic E-state index is -1.84. The van der Waals surface area contributed by atoms with Crippen LogP contribution in [0.15, 0.2) is 24.3 Å². The van der Waals surface area contributed by atoms with Gasteiger partial charge in [-0.15, -0.1) is 0 Å². The number of amides is 1. The summed E-state index contributed by atoms with van der Waals surface area (Å²) in [7, 11) is 0. The number of piperidine rings is 2. The lowest BCUT2D eigenvalue weighted by molar-refractivity contribution is -0.991. The number of rotatable bonds is 6. The first kappa shape index (κ1) is 23.0. The fraction of sp³-hybridized carbons (Fsp3) is 0.632. The molecule has 1 aromatic rings. The Balaban J connectivity index is 1.61. The van der Waals surface area contributed by atoms with Crippen LogP contribution in [0.3, 0.4) is 0 Å². The van der Waals surface area contributed by atoms with Gasteiger partial charge in [-0.3, -0.25) is 4.79 Å². The van der Waals surface area contributed by atoms with Crippen molar-refractivity contribution in [1.29, 1.82) is 0 Å². The van der Waals surface area contributed by atoms with Crippen LogP contribution in [0.25, 0.3) is 0 Å². The van der Waals surface area contributed by atoms with Crippen molar-refractivity contribution in [1.82, 2.24) is 10.2 Å². The van der Waals surface area contributed by atoms with Crippen LogP contribution in [0.5, 0.6) is 0 Å². The third kappa shape index (κ3) is 6.18. The van der Waals surface area contributed by atoms with E-state index in [1.54, 1.807) is 0 Å². The maximum absolute atomic E-state index is 12.5. The summed E-state index contributed by atoms with van der Waals surface area (Å²) in [6, 6.07) is 6.00. The van der Waals surface area contributed by atoms with Crippen LogP contribution < -0.4 is 10.5 Å². The number of nitrogens with zero attached hydrogens (tertiary/aromatic N) is 1. The molecule has 1 aromatic carbocycles. The summed E-state index contributed by atoms with van der Waals surface area (Å²) in [5.74, 6) is -0.160. The highest BCUT2D eigenvalue weighted by molar-refractivity contribution is 6.68. The zero-order chi connectivity index (χ0) is 21.0. The van der Waals surface area contributed by atoms with Crippen molar-refractivity contribution in [3.63, 3.8) is 0 Å². The van der Waals surface area contributed by atoms with Gasteiger partial charge in [-0.05, 0) is 56.8 Å². The molecule has 2 aliphatic heterocycles. The smallest absolute Gasteiger partial charge is 0.253 e. The lowest BCUT2D eigenvalue weighted by atomic mass is 9.84.